The number of halogens is 3. The topological polar surface area (TPSA) is 95.2 Å². The molecule has 0 aromatic carbocycles. The molecular weight excluding hydrogens is 377 g/mol. The van der Waals surface area contributed by atoms with Gasteiger partial charge in [-0.2, -0.15) is 13.2 Å². The van der Waals surface area contributed by atoms with Crippen molar-refractivity contribution < 1.29 is 27.6 Å². The number of carbonyl (C=O) groups is 3. The Morgan fingerprint density at radius 2 is 2.00 bits per heavy atom. The van der Waals surface area contributed by atoms with Gasteiger partial charge in [0, 0.05) is 43.9 Å². The largest absolute Gasteiger partial charge is 0.425 e. The molecule has 3 rings (SSSR count). The third kappa shape index (κ3) is 3.10. The van der Waals surface area contributed by atoms with Crippen molar-refractivity contribution >= 4 is 17.6 Å². The van der Waals surface area contributed by atoms with Gasteiger partial charge >= 0.3 is 6.18 Å². The smallest absolute Gasteiger partial charge is 0.348 e. The van der Waals surface area contributed by atoms with Crippen molar-refractivity contribution in [3.63, 3.8) is 0 Å². The second-order valence-corrected chi connectivity index (χ2v) is 7.98. The number of aromatic nitrogens is 2. The van der Waals surface area contributed by atoms with E-state index in [2.05, 4.69) is 9.97 Å². The molecule has 2 aliphatic rings. The molecule has 1 aliphatic carbocycles. The normalized spacial score (nSPS) is 24.6. The molecule has 0 spiro atoms. The van der Waals surface area contributed by atoms with E-state index < -0.39 is 40.3 Å². The zero-order valence-corrected chi connectivity index (χ0v) is 15.7. The molecule has 0 saturated heterocycles. The molecule has 0 radical (unpaired) electrons. The number of allylic oxidation sites excluding steroid dienone is 1. The third-order valence-corrected chi connectivity index (χ3v) is 5.07. The number of carbonyl (C=O) groups excluding carboxylic acids is 3. The lowest BCUT2D eigenvalue weighted by atomic mass is 9.72. The molecule has 0 bridgehead atoms. The molecule has 1 unspecified atom stereocenters. The number of Topliss-reactive ketones (excluding diaryl/α,β-unsaturated/α-hetero) is 1. The quantitative estimate of drug-likeness (QED) is 0.810. The lowest BCUT2D eigenvalue weighted by molar-refractivity contribution is -0.194. The lowest BCUT2D eigenvalue weighted by Crippen LogP contribution is -2.66. The van der Waals surface area contributed by atoms with E-state index in [0.717, 1.165) is 11.8 Å². The first-order valence-electron chi connectivity index (χ1n) is 8.80. The number of alkyl halides is 3. The molecule has 1 atom stereocenters. The Morgan fingerprint density at radius 1 is 1.32 bits per heavy atom. The molecule has 2 heterocycles. The maximum atomic E-state index is 14.2. The van der Waals surface area contributed by atoms with E-state index in [9.17, 15) is 27.6 Å². The van der Waals surface area contributed by atoms with Crippen LogP contribution < -0.4 is 5.32 Å². The number of nitrogens with one attached hydrogen (secondary N) is 2. The van der Waals surface area contributed by atoms with Crippen LogP contribution in [0.3, 0.4) is 0 Å². The SMILES string of the molecule is CC(=O)NC1(C(F)(F)F)C(=O)N(CCc2cnc[nH]2)C2=C1C(=O)CC(C)(C)C2. The lowest BCUT2D eigenvalue weighted by Gasteiger charge is -2.35. The average Bonchev–Trinajstić information content (AvgIpc) is 3.10. The molecule has 2 amide bonds. The molecule has 0 saturated carbocycles. The van der Waals surface area contributed by atoms with Crippen LogP contribution in [0.1, 0.15) is 39.3 Å². The van der Waals surface area contributed by atoms with Crippen LogP contribution in [0.4, 0.5) is 13.2 Å². The maximum Gasteiger partial charge on any atom is 0.425 e. The van der Waals surface area contributed by atoms with Crippen molar-refractivity contribution in [1.82, 2.24) is 20.2 Å². The number of ketones is 1. The molecule has 1 aromatic rings. The van der Waals surface area contributed by atoms with E-state index in [-0.39, 0.29) is 31.5 Å². The second kappa shape index (κ2) is 6.46. The number of H-pyrrole nitrogens is 1. The molecular formula is C18H21F3N4O3. The van der Waals surface area contributed by atoms with Crippen LogP contribution in [-0.4, -0.2) is 50.7 Å². The second-order valence-electron chi connectivity index (χ2n) is 7.98. The van der Waals surface area contributed by atoms with Crippen LogP contribution in [-0.2, 0) is 20.8 Å². The highest BCUT2D eigenvalue weighted by atomic mass is 19.4. The summed E-state index contributed by atoms with van der Waals surface area (Å²) in [5.41, 5.74) is -3.91. The molecule has 0 fully saturated rings. The van der Waals surface area contributed by atoms with Crippen LogP contribution in [0.5, 0.6) is 0 Å². The van der Waals surface area contributed by atoms with E-state index >= 15 is 0 Å². The van der Waals surface area contributed by atoms with E-state index in [4.69, 9.17) is 0 Å². The Hall–Kier alpha value is -2.65. The molecule has 2 N–H and O–H groups in total. The summed E-state index contributed by atoms with van der Waals surface area (Å²) in [5, 5.41) is 1.77. The number of hydrogen-bond acceptors (Lipinski definition) is 4. The Morgan fingerprint density at radius 3 is 2.54 bits per heavy atom. The summed E-state index contributed by atoms with van der Waals surface area (Å²) >= 11 is 0. The van der Waals surface area contributed by atoms with E-state index in [1.54, 1.807) is 19.2 Å². The summed E-state index contributed by atoms with van der Waals surface area (Å²) in [6, 6.07) is 0. The summed E-state index contributed by atoms with van der Waals surface area (Å²) in [6.45, 7) is 4.35. The van der Waals surface area contributed by atoms with Crippen molar-refractivity contribution in [2.24, 2.45) is 5.41 Å². The Bertz CT molecular complexity index is 858. The standard InChI is InChI=1S/C18H21F3N4O3/c1-10(26)24-17(18(19,20)21)14-12(6-16(2,3)7-13(14)27)25(15(17)28)5-4-11-8-22-9-23-11/h8-9H,4-7H2,1-3H3,(H,22,23)(H,24,26). The number of hydrogen-bond donors (Lipinski definition) is 2. The first-order valence-corrected chi connectivity index (χ1v) is 8.80. The van der Waals surface area contributed by atoms with Gasteiger partial charge in [0.25, 0.3) is 5.91 Å². The van der Waals surface area contributed by atoms with Crippen molar-refractivity contribution in [1.29, 1.82) is 0 Å². The average molecular weight is 398 g/mol. The zero-order chi connectivity index (χ0) is 20.9. The molecule has 1 aliphatic heterocycles. The van der Waals surface area contributed by atoms with Gasteiger partial charge in [0.2, 0.25) is 11.4 Å². The number of imidazole rings is 1. The minimum absolute atomic E-state index is 0.0387. The first-order chi connectivity index (χ1) is 12.9. The summed E-state index contributed by atoms with van der Waals surface area (Å²) in [5.74, 6) is -3.15. The minimum atomic E-state index is -5.16. The van der Waals surface area contributed by atoms with Gasteiger partial charge in [0.1, 0.15) is 0 Å². The van der Waals surface area contributed by atoms with E-state index in [0.29, 0.717) is 5.69 Å². The van der Waals surface area contributed by atoms with Gasteiger partial charge in [-0.1, -0.05) is 13.8 Å². The molecule has 10 heteroatoms. The van der Waals surface area contributed by atoms with Gasteiger partial charge < -0.3 is 15.2 Å². The number of nitrogens with zero attached hydrogens (tertiary/aromatic N) is 2. The van der Waals surface area contributed by atoms with Gasteiger partial charge in [0.05, 0.1) is 11.9 Å². The number of amides is 2. The predicted molar refractivity (Wildman–Crippen MR) is 91.7 cm³/mol. The van der Waals surface area contributed by atoms with Crippen LogP contribution in [0, 0.1) is 5.41 Å². The molecule has 28 heavy (non-hydrogen) atoms. The fourth-order valence-corrected chi connectivity index (χ4v) is 3.98. The van der Waals surface area contributed by atoms with Crippen molar-refractivity contribution in [2.75, 3.05) is 6.54 Å². The van der Waals surface area contributed by atoms with Crippen LogP contribution in [0.2, 0.25) is 0 Å². The van der Waals surface area contributed by atoms with Gasteiger partial charge in [-0.3, -0.25) is 14.4 Å². The van der Waals surface area contributed by atoms with E-state index in [1.807, 2.05) is 0 Å². The van der Waals surface area contributed by atoms with Crippen LogP contribution >= 0.6 is 0 Å². The summed E-state index contributed by atoms with van der Waals surface area (Å²) in [4.78, 5) is 45.1. The fraction of sp³-hybridized carbons (Fsp3) is 0.556. The highest BCUT2D eigenvalue weighted by Crippen LogP contribution is 2.51. The van der Waals surface area contributed by atoms with Crippen molar-refractivity contribution in [3.05, 3.63) is 29.5 Å². The number of rotatable bonds is 4. The van der Waals surface area contributed by atoms with Crippen molar-refractivity contribution in [3.8, 4) is 0 Å². The Balaban J connectivity index is 2.13. The zero-order valence-electron chi connectivity index (χ0n) is 15.7. The summed E-state index contributed by atoms with van der Waals surface area (Å²) in [7, 11) is 0. The minimum Gasteiger partial charge on any atom is -0.348 e. The molecule has 152 valence electrons. The number of aromatic amines is 1. The Labute approximate surface area is 159 Å². The van der Waals surface area contributed by atoms with Gasteiger partial charge in [-0.05, 0) is 11.8 Å². The van der Waals surface area contributed by atoms with Gasteiger partial charge in [-0.15, -0.1) is 0 Å². The van der Waals surface area contributed by atoms with Crippen LogP contribution in [0.15, 0.2) is 23.8 Å². The molecule has 1 aromatic heterocycles. The van der Waals surface area contributed by atoms with Gasteiger partial charge in [0.15, 0.2) is 5.78 Å². The highest BCUT2D eigenvalue weighted by Gasteiger charge is 2.71. The maximum absolute atomic E-state index is 14.2. The first kappa shape index (κ1) is 20.1. The van der Waals surface area contributed by atoms with Gasteiger partial charge in [-0.25, -0.2) is 4.98 Å². The Kier molecular flexibility index (Phi) is 4.63. The summed E-state index contributed by atoms with van der Waals surface area (Å²) < 4.78 is 42.6. The predicted octanol–water partition coefficient (Wildman–Crippen LogP) is 1.87. The van der Waals surface area contributed by atoms with E-state index in [1.165, 1.54) is 12.5 Å². The molecule has 7 nitrogen and oxygen atoms in total. The fourth-order valence-electron chi connectivity index (χ4n) is 3.98. The third-order valence-electron chi connectivity index (χ3n) is 5.07. The van der Waals surface area contributed by atoms with Crippen molar-refractivity contribution in [2.45, 2.75) is 51.7 Å². The summed E-state index contributed by atoms with van der Waals surface area (Å²) in [6.07, 6.45) is -2.00. The van der Waals surface area contributed by atoms with Crippen LogP contribution in [0.25, 0.3) is 0 Å². The monoisotopic (exact) mass is 398 g/mol. The highest BCUT2D eigenvalue weighted by molar-refractivity contribution is 6.13.